The van der Waals surface area contributed by atoms with E-state index in [1.807, 2.05) is 19.9 Å². The molecular weight excluding hydrogens is 216 g/mol. The number of aryl methyl sites for hydroxylation is 1. The number of aliphatic hydroxyl groups excluding tert-OH is 1. The number of benzene rings is 1. The molecule has 17 heavy (non-hydrogen) atoms. The molecule has 0 aliphatic carbocycles. The Morgan fingerprint density at radius 3 is 2.88 bits per heavy atom. The molecule has 1 aromatic rings. The van der Waals surface area contributed by atoms with Crippen LogP contribution in [0.5, 0.6) is 0 Å². The highest BCUT2D eigenvalue weighted by atomic mass is 16.3. The highest BCUT2D eigenvalue weighted by molar-refractivity contribution is 5.96. The van der Waals surface area contributed by atoms with Crippen LogP contribution in [0.1, 0.15) is 29.3 Å². The van der Waals surface area contributed by atoms with Gasteiger partial charge in [-0.2, -0.15) is 0 Å². The maximum atomic E-state index is 11.9. The fourth-order valence-electron chi connectivity index (χ4n) is 1.57. The molecule has 0 radical (unpaired) electrons. The average molecular weight is 236 g/mol. The van der Waals surface area contributed by atoms with Crippen molar-refractivity contribution >= 4 is 11.6 Å². The van der Waals surface area contributed by atoms with Crippen molar-refractivity contribution in [1.82, 2.24) is 5.32 Å². The SMILES string of the molecule is Cc1ccc(N)cc1C(=O)NCC(C)CCO. The van der Waals surface area contributed by atoms with Crippen molar-refractivity contribution in [2.24, 2.45) is 5.92 Å². The number of hydrogen-bond donors (Lipinski definition) is 3. The van der Waals surface area contributed by atoms with E-state index in [1.165, 1.54) is 0 Å². The zero-order valence-corrected chi connectivity index (χ0v) is 10.4. The normalized spacial score (nSPS) is 12.2. The summed E-state index contributed by atoms with van der Waals surface area (Å²) in [5.41, 5.74) is 7.76. The average Bonchev–Trinajstić information content (AvgIpc) is 2.29. The fraction of sp³-hybridized carbons (Fsp3) is 0.462. The Kier molecular flexibility index (Phi) is 4.97. The van der Waals surface area contributed by atoms with Gasteiger partial charge in [-0.1, -0.05) is 13.0 Å². The summed E-state index contributed by atoms with van der Waals surface area (Å²) in [6, 6.07) is 5.29. The minimum Gasteiger partial charge on any atom is -0.399 e. The number of nitrogens with one attached hydrogen (secondary N) is 1. The predicted octanol–water partition coefficient (Wildman–Crippen LogP) is 1.33. The van der Waals surface area contributed by atoms with Crippen LogP contribution in [0, 0.1) is 12.8 Å². The highest BCUT2D eigenvalue weighted by Gasteiger charge is 2.10. The van der Waals surface area contributed by atoms with E-state index in [0.717, 1.165) is 5.56 Å². The van der Waals surface area contributed by atoms with E-state index in [1.54, 1.807) is 12.1 Å². The maximum Gasteiger partial charge on any atom is 0.251 e. The van der Waals surface area contributed by atoms with Crippen molar-refractivity contribution < 1.29 is 9.90 Å². The van der Waals surface area contributed by atoms with Gasteiger partial charge in [-0.3, -0.25) is 4.79 Å². The molecule has 0 aliphatic heterocycles. The summed E-state index contributed by atoms with van der Waals surface area (Å²) in [5.74, 6) is 0.157. The van der Waals surface area contributed by atoms with Crippen molar-refractivity contribution in [3.63, 3.8) is 0 Å². The van der Waals surface area contributed by atoms with Gasteiger partial charge in [0.1, 0.15) is 0 Å². The Morgan fingerprint density at radius 1 is 1.53 bits per heavy atom. The Balaban J connectivity index is 2.61. The van der Waals surface area contributed by atoms with Gasteiger partial charge in [0, 0.05) is 24.4 Å². The van der Waals surface area contributed by atoms with Crippen LogP contribution < -0.4 is 11.1 Å². The maximum absolute atomic E-state index is 11.9. The summed E-state index contributed by atoms with van der Waals surface area (Å²) in [6.07, 6.45) is 0.691. The third-order valence-corrected chi connectivity index (χ3v) is 2.74. The Bertz CT molecular complexity index is 391. The number of anilines is 1. The summed E-state index contributed by atoms with van der Waals surface area (Å²) in [7, 11) is 0. The number of amides is 1. The molecule has 1 unspecified atom stereocenters. The van der Waals surface area contributed by atoms with Gasteiger partial charge in [-0.05, 0) is 37.0 Å². The van der Waals surface area contributed by atoms with E-state index in [9.17, 15) is 4.79 Å². The lowest BCUT2D eigenvalue weighted by molar-refractivity contribution is 0.0945. The van der Waals surface area contributed by atoms with Crippen molar-refractivity contribution in [3.05, 3.63) is 29.3 Å². The number of rotatable bonds is 5. The molecule has 0 aliphatic rings. The van der Waals surface area contributed by atoms with Gasteiger partial charge in [-0.15, -0.1) is 0 Å². The van der Waals surface area contributed by atoms with Crippen molar-refractivity contribution in [2.45, 2.75) is 20.3 Å². The number of carbonyl (C=O) groups excluding carboxylic acids is 1. The first-order chi connectivity index (χ1) is 8.04. The van der Waals surface area contributed by atoms with E-state index < -0.39 is 0 Å². The first kappa shape index (κ1) is 13.5. The Morgan fingerprint density at radius 2 is 2.24 bits per heavy atom. The Hall–Kier alpha value is -1.55. The third-order valence-electron chi connectivity index (χ3n) is 2.74. The molecular formula is C13H20N2O2. The molecule has 0 saturated heterocycles. The molecule has 0 bridgehead atoms. The first-order valence-electron chi connectivity index (χ1n) is 5.79. The summed E-state index contributed by atoms with van der Waals surface area (Å²) in [4.78, 5) is 11.9. The lowest BCUT2D eigenvalue weighted by atomic mass is 10.1. The lowest BCUT2D eigenvalue weighted by Crippen LogP contribution is -2.29. The molecule has 1 aromatic carbocycles. The van der Waals surface area contributed by atoms with Crippen LogP contribution in [-0.4, -0.2) is 24.2 Å². The first-order valence-corrected chi connectivity index (χ1v) is 5.79. The number of hydrogen-bond acceptors (Lipinski definition) is 3. The third kappa shape index (κ3) is 4.07. The molecule has 1 atom stereocenters. The largest absolute Gasteiger partial charge is 0.399 e. The van der Waals surface area contributed by atoms with Crippen LogP contribution in [0.2, 0.25) is 0 Å². The summed E-state index contributed by atoms with van der Waals surface area (Å²) in [5, 5.41) is 11.6. The standard InChI is InChI=1S/C13H20N2O2/c1-9(5-6-16)8-15-13(17)12-7-11(14)4-3-10(12)2/h3-4,7,9,16H,5-6,8,14H2,1-2H3,(H,15,17). The van der Waals surface area contributed by atoms with E-state index in [0.29, 0.717) is 24.2 Å². The molecule has 0 aromatic heterocycles. The zero-order valence-electron chi connectivity index (χ0n) is 10.4. The molecule has 4 N–H and O–H groups in total. The van der Waals surface area contributed by atoms with Gasteiger partial charge in [0.05, 0.1) is 0 Å². The van der Waals surface area contributed by atoms with Crippen LogP contribution in [0.4, 0.5) is 5.69 Å². The van der Waals surface area contributed by atoms with Crippen LogP contribution in [0.15, 0.2) is 18.2 Å². The Labute approximate surface area is 102 Å². The zero-order chi connectivity index (χ0) is 12.8. The number of nitrogen functional groups attached to an aromatic ring is 1. The van der Waals surface area contributed by atoms with E-state index in [2.05, 4.69) is 5.32 Å². The quantitative estimate of drug-likeness (QED) is 0.675. The second-order valence-electron chi connectivity index (χ2n) is 4.40. The molecule has 0 spiro atoms. The number of aliphatic hydroxyl groups is 1. The van der Waals surface area contributed by atoms with Gasteiger partial charge in [0.2, 0.25) is 0 Å². The molecule has 4 heteroatoms. The lowest BCUT2D eigenvalue weighted by Gasteiger charge is -2.12. The number of carbonyl (C=O) groups is 1. The van der Waals surface area contributed by atoms with Crippen LogP contribution in [0.25, 0.3) is 0 Å². The van der Waals surface area contributed by atoms with Crippen LogP contribution in [-0.2, 0) is 0 Å². The van der Waals surface area contributed by atoms with E-state index in [4.69, 9.17) is 10.8 Å². The van der Waals surface area contributed by atoms with Crippen molar-refractivity contribution in [1.29, 1.82) is 0 Å². The van der Waals surface area contributed by atoms with Gasteiger partial charge in [0.15, 0.2) is 0 Å². The number of nitrogens with two attached hydrogens (primary N) is 1. The van der Waals surface area contributed by atoms with Crippen LogP contribution >= 0.6 is 0 Å². The summed E-state index contributed by atoms with van der Waals surface area (Å²) in [6.45, 7) is 4.58. The predicted molar refractivity (Wildman–Crippen MR) is 68.8 cm³/mol. The smallest absolute Gasteiger partial charge is 0.251 e. The molecule has 0 saturated carbocycles. The van der Waals surface area contributed by atoms with Gasteiger partial charge in [-0.25, -0.2) is 0 Å². The highest BCUT2D eigenvalue weighted by Crippen LogP contribution is 2.12. The topological polar surface area (TPSA) is 75.4 Å². The molecule has 94 valence electrons. The van der Waals surface area contributed by atoms with Gasteiger partial charge in [0.25, 0.3) is 5.91 Å². The molecule has 1 rings (SSSR count). The van der Waals surface area contributed by atoms with Gasteiger partial charge >= 0.3 is 0 Å². The van der Waals surface area contributed by atoms with E-state index in [-0.39, 0.29) is 18.4 Å². The van der Waals surface area contributed by atoms with Gasteiger partial charge < -0.3 is 16.2 Å². The second kappa shape index (κ2) is 6.25. The fourth-order valence-corrected chi connectivity index (χ4v) is 1.57. The summed E-state index contributed by atoms with van der Waals surface area (Å²) < 4.78 is 0. The minimum atomic E-state index is -0.111. The molecule has 0 heterocycles. The van der Waals surface area contributed by atoms with Crippen molar-refractivity contribution in [3.8, 4) is 0 Å². The monoisotopic (exact) mass is 236 g/mol. The second-order valence-corrected chi connectivity index (χ2v) is 4.40. The molecule has 4 nitrogen and oxygen atoms in total. The molecule has 0 fully saturated rings. The van der Waals surface area contributed by atoms with Crippen LogP contribution in [0.3, 0.4) is 0 Å². The van der Waals surface area contributed by atoms with E-state index >= 15 is 0 Å². The molecule has 1 amide bonds. The summed E-state index contributed by atoms with van der Waals surface area (Å²) >= 11 is 0. The van der Waals surface area contributed by atoms with Crippen molar-refractivity contribution in [2.75, 3.05) is 18.9 Å². The minimum absolute atomic E-state index is 0.111.